The van der Waals surface area contributed by atoms with Gasteiger partial charge in [0.15, 0.2) is 0 Å². The molecule has 0 heterocycles. The molecule has 0 saturated carbocycles. The van der Waals surface area contributed by atoms with E-state index in [0.717, 1.165) is 6.42 Å². The summed E-state index contributed by atoms with van der Waals surface area (Å²) >= 11 is 0. The van der Waals surface area contributed by atoms with Crippen LogP contribution in [-0.4, -0.2) is 11.2 Å². The van der Waals surface area contributed by atoms with Gasteiger partial charge in [-0.25, -0.2) is 0 Å². The smallest absolute Gasteiger partial charge is 0.0512 e. The first-order valence-electron chi connectivity index (χ1n) is 5.95. The van der Waals surface area contributed by atoms with E-state index < -0.39 is 0 Å². The minimum Gasteiger partial charge on any atom is -0.393 e. The lowest BCUT2D eigenvalue weighted by molar-refractivity contribution is 0.180. The standard InChI is InChI=1S/C12H26O/c1-3-4-5-6-7-8-9-10-11-12(2)13/h12-13H,3-11H2,1-2H3/t12-/m0/s1. The first kappa shape index (κ1) is 13.0. The molecule has 0 amide bonds. The molecule has 0 rings (SSSR count). The predicted molar refractivity (Wildman–Crippen MR) is 58.9 cm³/mol. The summed E-state index contributed by atoms with van der Waals surface area (Å²) in [6, 6.07) is 0. The Hall–Kier alpha value is -0.0400. The third-order valence-electron chi connectivity index (χ3n) is 2.48. The average Bonchev–Trinajstić information content (AvgIpc) is 2.09. The maximum Gasteiger partial charge on any atom is 0.0512 e. The summed E-state index contributed by atoms with van der Waals surface area (Å²) in [5.41, 5.74) is 0. The van der Waals surface area contributed by atoms with Gasteiger partial charge in [0.1, 0.15) is 0 Å². The number of aliphatic hydroxyl groups excluding tert-OH is 1. The molecule has 0 aromatic rings. The van der Waals surface area contributed by atoms with E-state index in [0.29, 0.717) is 0 Å². The minimum absolute atomic E-state index is 0.0971. The average molecular weight is 186 g/mol. The lowest BCUT2D eigenvalue weighted by Crippen LogP contribution is -1.98. The van der Waals surface area contributed by atoms with Crippen molar-refractivity contribution in [1.82, 2.24) is 0 Å². The Morgan fingerprint density at radius 3 is 1.77 bits per heavy atom. The van der Waals surface area contributed by atoms with Gasteiger partial charge in [-0.15, -0.1) is 0 Å². The van der Waals surface area contributed by atoms with Crippen LogP contribution in [-0.2, 0) is 0 Å². The summed E-state index contributed by atoms with van der Waals surface area (Å²) in [6.07, 6.45) is 11.7. The van der Waals surface area contributed by atoms with E-state index in [4.69, 9.17) is 5.11 Å². The van der Waals surface area contributed by atoms with Crippen molar-refractivity contribution in [2.45, 2.75) is 77.7 Å². The van der Waals surface area contributed by atoms with Gasteiger partial charge in [0.2, 0.25) is 0 Å². The van der Waals surface area contributed by atoms with Crippen molar-refractivity contribution >= 4 is 0 Å². The molecule has 0 unspecified atom stereocenters. The van der Waals surface area contributed by atoms with Crippen molar-refractivity contribution in [2.24, 2.45) is 0 Å². The fourth-order valence-electron chi connectivity index (χ4n) is 1.57. The molecule has 0 bridgehead atoms. The first-order valence-corrected chi connectivity index (χ1v) is 5.95. The van der Waals surface area contributed by atoms with Gasteiger partial charge in [0.25, 0.3) is 0 Å². The third-order valence-corrected chi connectivity index (χ3v) is 2.48. The summed E-state index contributed by atoms with van der Waals surface area (Å²) in [4.78, 5) is 0. The van der Waals surface area contributed by atoms with E-state index in [2.05, 4.69) is 6.92 Å². The van der Waals surface area contributed by atoms with Crippen molar-refractivity contribution in [3.05, 3.63) is 0 Å². The van der Waals surface area contributed by atoms with Gasteiger partial charge >= 0.3 is 0 Å². The Kier molecular flexibility index (Phi) is 10.0. The van der Waals surface area contributed by atoms with E-state index in [1.54, 1.807) is 0 Å². The highest BCUT2D eigenvalue weighted by Crippen LogP contribution is 2.10. The van der Waals surface area contributed by atoms with Gasteiger partial charge in [0, 0.05) is 0 Å². The molecule has 0 aromatic carbocycles. The molecule has 13 heavy (non-hydrogen) atoms. The summed E-state index contributed by atoms with van der Waals surface area (Å²) < 4.78 is 0. The Balaban J connectivity index is 2.84. The number of rotatable bonds is 9. The zero-order valence-corrected chi connectivity index (χ0v) is 9.39. The van der Waals surface area contributed by atoms with Crippen LogP contribution in [0.2, 0.25) is 0 Å². The second kappa shape index (κ2) is 10.0. The molecule has 1 atom stereocenters. The zero-order valence-electron chi connectivity index (χ0n) is 9.39. The molecule has 0 aliphatic carbocycles. The zero-order chi connectivity index (χ0) is 9.94. The molecule has 1 N–H and O–H groups in total. The second-order valence-electron chi connectivity index (χ2n) is 4.11. The Bertz CT molecular complexity index is 89.1. The van der Waals surface area contributed by atoms with Crippen molar-refractivity contribution in [3.8, 4) is 0 Å². The van der Waals surface area contributed by atoms with Gasteiger partial charge in [-0.05, 0) is 13.3 Å². The Morgan fingerprint density at radius 1 is 0.846 bits per heavy atom. The van der Waals surface area contributed by atoms with E-state index in [1.165, 1.54) is 51.4 Å². The lowest BCUT2D eigenvalue weighted by atomic mass is 10.1. The number of hydrogen-bond donors (Lipinski definition) is 1. The van der Waals surface area contributed by atoms with Crippen LogP contribution < -0.4 is 0 Å². The number of unbranched alkanes of at least 4 members (excludes halogenated alkanes) is 7. The molecular formula is C12H26O. The van der Waals surface area contributed by atoms with Crippen molar-refractivity contribution in [2.75, 3.05) is 0 Å². The molecule has 1 heteroatoms. The molecule has 0 aliphatic heterocycles. The summed E-state index contributed by atoms with van der Waals surface area (Å²) in [5.74, 6) is 0. The van der Waals surface area contributed by atoms with E-state index in [9.17, 15) is 0 Å². The fraction of sp³-hybridized carbons (Fsp3) is 1.00. The summed E-state index contributed by atoms with van der Waals surface area (Å²) in [7, 11) is 0. The molecule has 0 aromatic heterocycles. The van der Waals surface area contributed by atoms with Crippen LogP contribution in [0.1, 0.15) is 71.6 Å². The molecule has 1 nitrogen and oxygen atoms in total. The summed E-state index contributed by atoms with van der Waals surface area (Å²) in [6.45, 7) is 4.13. The molecule has 80 valence electrons. The van der Waals surface area contributed by atoms with Gasteiger partial charge < -0.3 is 5.11 Å². The van der Waals surface area contributed by atoms with Crippen LogP contribution in [0, 0.1) is 0 Å². The van der Waals surface area contributed by atoms with Gasteiger partial charge in [-0.3, -0.25) is 0 Å². The predicted octanol–water partition coefficient (Wildman–Crippen LogP) is 3.90. The van der Waals surface area contributed by atoms with Crippen molar-refractivity contribution in [1.29, 1.82) is 0 Å². The van der Waals surface area contributed by atoms with Crippen LogP contribution in [0.4, 0.5) is 0 Å². The molecular weight excluding hydrogens is 160 g/mol. The van der Waals surface area contributed by atoms with Crippen molar-refractivity contribution in [3.63, 3.8) is 0 Å². The highest BCUT2D eigenvalue weighted by atomic mass is 16.3. The Labute approximate surface area is 83.5 Å². The van der Waals surface area contributed by atoms with Gasteiger partial charge in [0.05, 0.1) is 6.10 Å². The molecule has 0 aliphatic rings. The van der Waals surface area contributed by atoms with Crippen LogP contribution in [0.25, 0.3) is 0 Å². The summed E-state index contributed by atoms with van der Waals surface area (Å²) in [5, 5.41) is 9.03. The minimum atomic E-state index is -0.0971. The number of hydrogen-bond acceptors (Lipinski definition) is 1. The van der Waals surface area contributed by atoms with E-state index >= 15 is 0 Å². The van der Waals surface area contributed by atoms with Gasteiger partial charge in [-0.2, -0.15) is 0 Å². The van der Waals surface area contributed by atoms with Crippen LogP contribution in [0.3, 0.4) is 0 Å². The largest absolute Gasteiger partial charge is 0.393 e. The topological polar surface area (TPSA) is 20.2 Å². The Morgan fingerprint density at radius 2 is 1.31 bits per heavy atom. The third kappa shape index (κ3) is 12.0. The van der Waals surface area contributed by atoms with Crippen LogP contribution in [0.5, 0.6) is 0 Å². The SMILES string of the molecule is CCCCCCCCCC[C@H](C)O. The van der Waals surface area contributed by atoms with Crippen LogP contribution in [0.15, 0.2) is 0 Å². The first-order chi connectivity index (χ1) is 6.27. The van der Waals surface area contributed by atoms with E-state index in [1.807, 2.05) is 6.92 Å². The monoisotopic (exact) mass is 186 g/mol. The lowest BCUT2D eigenvalue weighted by Gasteiger charge is -2.03. The quantitative estimate of drug-likeness (QED) is 0.541. The molecule has 0 saturated heterocycles. The maximum absolute atomic E-state index is 9.03. The maximum atomic E-state index is 9.03. The van der Waals surface area contributed by atoms with Crippen LogP contribution >= 0.6 is 0 Å². The molecule has 0 radical (unpaired) electrons. The highest BCUT2D eigenvalue weighted by Gasteiger charge is 1.95. The highest BCUT2D eigenvalue weighted by molar-refractivity contribution is 4.49. The molecule has 0 fully saturated rings. The second-order valence-corrected chi connectivity index (χ2v) is 4.11. The normalized spacial score (nSPS) is 13.2. The van der Waals surface area contributed by atoms with E-state index in [-0.39, 0.29) is 6.10 Å². The number of aliphatic hydroxyl groups is 1. The van der Waals surface area contributed by atoms with Gasteiger partial charge in [-0.1, -0.05) is 58.3 Å². The fourth-order valence-corrected chi connectivity index (χ4v) is 1.57. The molecule has 0 spiro atoms. The van der Waals surface area contributed by atoms with Crippen molar-refractivity contribution < 1.29 is 5.11 Å².